The van der Waals surface area contributed by atoms with Gasteiger partial charge in [-0.2, -0.15) is 0 Å². The van der Waals surface area contributed by atoms with E-state index in [9.17, 15) is 9.59 Å². The summed E-state index contributed by atoms with van der Waals surface area (Å²) in [5.74, 6) is -0.420. The van der Waals surface area contributed by atoms with Gasteiger partial charge in [-0.05, 0) is 18.8 Å². The first-order valence-electron chi connectivity index (χ1n) is 5.88. The second-order valence-corrected chi connectivity index (χ2v) is 4.31. The number of ether oxygens (including phenoxy) is 1. The molecule has 2 N–H and O–H groups in total. The predicted octanol–water partition coefficient (Wildman–Crippen LogP) is 0.529. The molecular weight excluding hydrogens is 224 g/mol. The highest BCUT2D eigenvalue weighted by molar-refractivity contribution is 5.74. The number of amides is 2. The molecule has 0 radical (unpaired) electrons. The molecule has 1 fully saturated rings. The normalized spacial score (nSPS) is 16.5. The lowest BCUT2D eigenvalue weighted by Crippen LogP contribution is -2.41. The third-order valence-corrected chi connectivity index (χ3v) is 2.83. The molecule has 0 bridgehead atoms. The Balaban J connectivity index is 2.18. The minimum Gasteiger partial charge on any atom is -0.481 e. The van der Waals surface area contributed by atoms with Crippen molar-refractivity contribution in [3.63, 3.8) is 0 Å². The van der Waals surface area contributed by atoms with Crippen LogP contribution >= 0.6 is 0 Å². The molecule has 0 spiro atoms. The van der Waals surface area contributed by atoms with E-state index in [4.69, 9.17) is 9.84 Å². The van der Waals surface area contributed by atoms with Gasteiger partial charge >= 0.3 is 12.0 Å². The summed E-state index contributed by atoms with van der Waals surface area (Å²) in [5.41, 5.74) is 0. The van der Waals surface area contributed by atoms with E-state index in [0.717, 1.165) is 26.1 Å². The van der Waals surface area contributed by atoms with E-state index in [-0.39, 0.29) is 19.0 Å². The molecule has 98 valence electrons. The fourth-order valence-corrected chi connectivity index (χ4v) is 1.81. The molecule has 0 aromatic heterocycles. The standard InChI is InChI=1S/C11H20N2O4/c1-13(8-9-3-6-17-7-4-9)11(16)12-5-2-10(14)15/h9H,2-8H2,1H3,(H,12,16)(H,14,15). The van der Waals surface area contributed by atoms with Gasteiger partial charge in [0, 0.05) is 33.4 Å². The van der Waals surface area contributed by atoms with Crippen LogP contribution in [0.3, 0.4) is 0 Å². The molecule has 1 rings (SSSR count). The number of carboxylic acids is 1. The third kappa shape index (κ3) is 5.53. The van der Waals surface area contributed by atoms with Crippen LogP contribution in [0, 0.1) is 5.92 Å². The molecule has 6 nitrogen and oxygen atoms in total. The van der Waals surface area contributed by atoms with Gasteiger partial charge in [0.05, 0.1) is 6.42 Å². The Morgan fingerprint density at radius 1 is 1.41 bits per heavy atom. The Bertz CT molecular complexity index is 264. The molecule has 0 aliphatic carbocycles. The quantitative estimate of drug-likeness (QED) is 0.739. The first kappa shape index (κ1) is 13.8. The van der Waals surface area contributed by atoms with E-state index in [1.54, 1.807) is 11.9 Å². The fourth-order valence-electron chi connectivity index (χ4n) is 1.81. The zero-order valence-corrected chi connectivity index (χ0v) is 10.1. The van der Waals surface area contributed by atoms with E-state index in [1.807, 2.05) is 0 Å². The minimum absolute atomic E-state index is 0.0448. The van der Waals surface area contributed by atoms with Gasteiger partial charge in [-0.25, -0.2) is 4.79 Å². The summed E-state index contributed by atoms with van der Waals surface area (Å²) in [4.78, 5) is 23.5. The molecule has 2 amide bonds. The van der Waals surface area contributed by atoms with Crippen LogP contribution in [0.15, 0.2) is 0 Å². The summed E-state index contributed by atoms with van der Waals surface area (Å²) in [6.45, 7) is 2.40. The van der Waals surface area contributed by atoms with Crippen molar-refractivity contribution in [2.24, 2.45) is 5.92 Å². The van der Waals surface area contributed by atoms with Crippen molar-refractivity contribution in [1.29, 1.82) is 0 Å². The molecule has 1 aliphatic heterocycles. The summed E-state index contributed by atoms with van der Waals surface area (Å²) in [6.07, 6.45) is 1.91. The molecular formula is C11H20N2O4. The van der Waals surface area contributed by atoms with Gasteiger partial charge in [0.25, 0.3) is 0 Å². The zero-order valence-electron chi connectivity index (χ0n) is 10.1. The minimum atomic E-state index is -0.905. The van der Waals surface area contributed by atoms with Gasteiger partial charge in [0.1, 0.15) is 0 Å². The SMILES string of the molecule is CN(CC1CCOCC1)C(=O)NCCC(=O)O. The van der Waals surface area contributed by atoms with Crippen LogP contribution < -0.4 is 5.32 Å². The molecule has 0 aromatic rings. The summed E-state index contributed by atoms with van der Waals surface area (Å²) in [5, 5.41) is 11.0. The summed E-state index contributed by atoms with van der Waals surface area (Å²) in [6, 6.07) is -0.210. The van der Waals surface area contributed by atoms with Crippen LogP contribution in [0.25, 0.3) is 0 Å². The number of aliphatic carboxylic acids is 1. The molecule has 1 heterocycles. The summed E-state index contributed by atoms with van der Waals surface area (Å²) in [7, 11) is 1.73. The van der Waals surface area contributed by atoms with E-state index in [0.29, 0.717) is 12.5 Å². The Hall–Kier alpha value is -1.30. The number of urea groups is 1. The average molecular weight is 244 g/mol. The zero-order chi connectivity index (χ0) is 12.7. The van der Waals surface area contributed by atoms with Crippen LogP contribution in [0.4, 0.5) is 4.79 Å². The van der Waals surface area contributed by atoms with Crippen molar-refractivity contribution in [2.75, 3.05) is 33.4 Å². The highest BCUT2D eigenvalue weighted by Gasteiger charge is 2.18. The molecule has 0 saturated carbocycles. The largest absolute Gasteiger partial charge is 0.481 e. The predicted molar refractivity (Wildman–Crippen MR) is 61.8 cm³/mol. The van der Waals surface area contributed by atoms with Crippen molar-refractivity contribution < 1.29 is 19.4 Å². The third-order valence-electron chi connectivity index (χ3n) is 2.83. The number of rotatable bonds is 5. The van der Waals surface area contributed by atoms with Gasteiger partial charge < -0.3 is 20.1 Å². The summed E-state index contributed by atoms with van der Waals surface area (Å²) >= 11 is 0. The van der Waals surface area contributed by atoms with Crippen LogP contribution in [0.1, 0.15) is 19.3 Å². The molecule has 0 atom stereocenters. The first-order chi connectivity index (χ1) is 8.09. The van der Waals surface area contributed by atoms with E-state index in [1.165, 1.54) is 0 Å². The second-order valence-electron chi connectivity index (χ2n) is 4.31. The molecule has 1 saturated heterocycles. The van der Waals surface area contributed by atoms with Gasteiger partial charge in [-0.1, -0.05) is 0 Å². The molecule has 0 aromatic carbocycles. The maximum atomic E-state index is 11.6. The fraction of sp³-hybridized carbons (Fsp3) is 0.818. The number of carbonyl (C=O) groups excluding carboxylic acids is 1. The molecule has 0 unspecified atom stereocenters. The number of hydrogen-bond acceptors (Lipinski definition) is 3. The lowest BCUT2D eigenvalue weighted by molar-refractivity contribution is -0.136. The van der Waals surface area contributed by atoms with Crippen molar-refractivity contribution in [2.45, 2.75) is 19.3 Å². The smallest absolute Gasteiger partial charge is 0.317 e. The molecule has 6 heteroatoms. The van der Waals surface area contributed by atoms with Crippen molar-refractivity contribution in [3.8, 4) is 0 Å². The van der Waals surface area contributed by atoms with Crippen molar-refractivity contribution in [1.82, 2.24) is 10.2 Å². The Morgan fingerprint density at radius 2 is 2.06 bits per heavy atom. The molecule has 1 aliphatic rings. The first-order valence-corrected chi connectivity index (χ1v) is 5.88. The van der Waals surface area contributed by atoms with Gasteiger partial charge in [0.2, 0.25) is 0 Å². The van der Waals surface area contributed by atoms with Crippen LogP contribution in [0.5, 0.6) is 0 Å². The van der Waals surface area contributed by atoms with Gasteiger partial charge in [-0.15, -0.1) is 0 Å². The number of nitrogens with one attached hydrogen (secondary N) is 1. The Morgan fingerprint density at radius 3 is 2.65 bits per heavy atom. The summed E-state index contributed by atoms with van der Waals surface area (Å²) < 4.78 is 5.25. The number of carbonyl (C=O) groups is 2. The van der Waals surface area contributed by atoms with E-state index >= 15 is 0 Å². The van der Waals surface area contributed by atoms with Crippen molar-refractivity contribution in [3.05, 3.63) is 0 Å². The van der Waals surface area contributed by atoms with Crippen LogP contribution in [-0.2, 0) is 9.53 Å². The average Bonchev–Trinajstić information content (AvgIpc) is 2.29. The highest BCUT2D eigenvalue weighted by atomic mass is 16.5. The van der Waals surface area contributed by atoms with Gasteiger partial charge in [0.15, 0.2) is 0 Å². The van der Waals surface area contributed by atoms with Crippen LogP contribution in [-0.4, -0.2) is 55.4 Å². The number of hydrogen-bond donors (Lipinski definition) is 2. The number of carboxylic acid groups (broad SMARTS) is 1. The van der Waals surface area contributed by atoms with E-state index < -0.39 is 5.97 Å². The lowest BCUT2D eigenvalue weighted by atomic mass is 10.0. The van der Waals surface area contributed by atoms with E-state index in [2.05, 4.69) is 5.32 Å². The van der Waals surface area contributed by atoms with Crippen molar-refractivity contribution >= 4 is 12.0 Å². The Labute approximate surface area is 101 Å². The monoisotopic (exact) mass is 244 g/mol. The second kappa shape index (κ2) is 7.11. The van der Waals surface area contributed by atoms with Gasteiger partial charge in [-0.3, -0.25) is 4.79 Å². The maximum Gasteiger partial charge on any atom is 0.317 e. The van der Waals surface area contributed by atoms with Crippen LogP contribution in [0.2, 0.25) is 0 Å². The lowest BCUT2D eigenvalue weighted by Gasteiger charge is -2.27. The molecule has 17 heavy (non-hydrogen) atoms. The highest BCUT2D eigenvalue weighted by Crippen LogP contribution is 2.15. The topological polar surface area (TPSA) is 78.9 Å². The Kier molecular flexibility index (Phi) is 5.76. The number of nitrogens with zero attached hydrogens (tertiary/aromatic N) is 1. The maximum absolute atomic E-state index is 11.6.